The van der Waals surface area contributed by atoms with Crippen molar-refractivity contribution in [2.75, 3.05) is 6.61 Å². The molecule has 0 amide bonds. The minimum atomic E-state index is -0.507. The number of rotatable bonds is 5. The van der Waals surface area contributed by atoms with Gasteiger partial charge in [-0.15, -0.1) is 0 Å². The van der Waals surface area contributed by atoms with Crippen molar-refractivity contribution >= 4 is 22.3 Å². The lowest BCUT2D eigenvalue weighted by Gasteiger charge is -2.06. The van der Waals surface area contributed by atoms with Crippen molar-refractivity contribution in [1.82, 2.24) is 14.6 Å². The maximum Gasteiger partial charge on any atom is 0.344 e. The molecule has 2 heterocycles. The van der Waals surface area contributed by atoms with Gasteiger partial charge >= 0.3 is 5.97 Å². The molecule has 0 atom stereocenters. The van der Waals surface area contributed by atoms with Gasteiger partial charge in [0, 0.05) is 11.8 Å². The SMILES string of the molecule is Cc1cccc(OCC(=O)OCc2nn3c(=O)cc(C)nc3s2)c1. The summed E-state index contributed by atoms with van der Waals surface area (Å²) in [5, 5.41) is 4.59. The Labute approximate surface area is 141 Å². The van der Waals surface area contributed by atoms with Crippen LogP contribution >= 0.6 is 11.3 Å². The minimum absolute atomic E-state index is 0.0253. The smallest absolute Gasteiger partial charge is 0.344 e. The van der Waals surface area contributed by atoms with Crippen LogP contribution in [0, 0.1) is 13.8 Å². The maximum absolute atomic E-state index is 11.8. The normalized spacial score (nSPS) is 10.8. The second kappa shape index (κ2) is 6.79. The lowest BCUT2D eigenvalue weighted by molar-refractivity contribution is -0.147. The number of aryl methyl sites for hydroxylation is 2. The van der Waals surface area contributed by atoms with E-state index in [2.05, 4.69) is 10.1 Å². The van der Waals surface area contributed by atoms with Gasteiger partial charge in [-0.25, -0.2) is 9.78 Å². The highest BCUT2D eigenvalue weighted by atomic mass is 32.1. The Morgan fingerprint density at radius 3 is 2.92 bits per heavy atom. The molecule has 0 bridgehead atoms. The number of hydrogen-bond donors (Lipinski definition) is 0. The molecule has 0 aliphatic heterocycles. The fourth-order valence-corrected chi connectivity index (χ4v) is 2.91. The van der Waals surface area contributed by atoms with Crippen LogP contribution in [0.15, 0.2) is 35.1 Å². The van der Waals surface area contributed by atoms with E-state index in [1.165, 1.54) is 21.9 Å². The zero-order valence-corrected chi connectivity index (χ0v) is 14.0. The summed E-state index contributed by atoms with van der Waals surface area (Å²) in [5.74, 6) is 0.102. The number of hydrogen-bond acceptors (Lipinski definition) is 7. The standard InChI is InChI=1S/C16H15N3O4S/c1-10-4-3-5-12(6-10)22-9-15(21)23-8-13-18-19-14(20)7-11(2)17-16(19)24-13/h3-7H,8-9H2,1-2H3. The highest BCUT2D eigenvalue weighted by molar-refractivity contribution is 7.16. The lowest BCUT2D eigenvalue weighted by Crippen LogP contribution is -2.16. The molecule has 3 rings (SSSR count). The molecule has 0 radical (unpaired) electrons. The molecule has 0 fully saturated rings. The molecule has 1 aromatic carbocycles. The van der Waals surface area contributed by atoms with E-state index in [-0.39, 0.29) is 18.8 Å². The molecular formula is C16H15N3O4S. The number of carbonyl (C=O) groups is 1. The van der Waals surface area contributed by atoms with Gasteiger partial charge in [0.2, 0.25) is 4.96 Å². The number of esters is 1. The van der Waals surface area contributed by atoms with Crippen LogP contribution in [0.3, 0.4) is 0 Å². The Balaban J connectivity index is 1.58. The third-order valence-electron chi connectivity index (χ3n) is 3.12. The first-order chi connectivity index (χ1) is 11.5. The van der Waals surface area contributed by atoms with E-state index in [4.69, 9.17) is 9.47 Å². The van der Waals surface area contributed by atoms with Gasteiger partial charge in [0.1, 0.15) is 12.4 Å². The number of aromatic nitrogens is 3. The average molecular weight is 345 g/mol. The molecule has 0 spiro atoms. The topological polar surface area (TPSA) is 82.8 Å². The second-order valence-corrected chi connectivity index (χ2v) is 6.23. The highest BCUT2D eigenvalue weighted by Crippen LogP contribution is 2.14. The molecule has 0 N–H and O–H groups in total. The van der Waals surface area contributed by atoms with Gasteiger partial charge in [-0.05, 0) is 31.5 Å². The summed E-state index contributed by atoms with van der Waals surface area (Å²) in [6, 6.07) is 8.80. The van der Waals surface area contributed by atoms with Crippen molar-refractivity contribution in [1.29, 1.82) is 0 Å². The van der Waals surface area contributed by atoms with E-state index in [0.29, 0.717) is 21.4 Å². The van der Waals surface area contributed by atoms with Crippen LogP contribution in [0.4, 0.5) is 0 Å². The molecule has 0 saturated heterocycles. The Morgan fingerprint density at radius 2 is 2.12 bits per heavy atom. The van der Waals surface area contributed by atoms with E-state index >= 15 is 0 Å². The minimum Gasteiger partial charge on any atom is -0.482 e. The van der Waals surface area contributed by atoms with Crippen molar-refractivity contribution < 1.29 is 14.3 Å². The Bertz CT molecular complexity index is 948. The zero-order valence-electron chi connectivity index (χ0n) is 13.2. The number of nitrogens with zero attached hydrogens (tertiary/aromatic N) is 3. The van der Waals surface area contributed by atoms with Gasteiger partial charge in [-0.1, -0.05) is 23.5 Å². The summed E-state index contributed by atoms with van der Waals surface area (Å²) in [6.45, 7) is 3.47. The first-order valence-corrected chi connectivity index (χ1v) is 8.04. The molecule has 24 heavy (non-hydrogen) atoms. The van der Waals surface area contributed by atoms with E-state index in [1.54, 1.807) is 13.0 Å². The quantitative estimate of drug-likeness (QED) is 0.657. The largest absolute Gasteiger partial charge is 0.482 e. The number of ether oxygens (including phenoxy) is 2. The summed E-state index contributed by atoms with van der Waals surface area (Å²) >= 11 is 1.21. The summed E-state index contributed by atoms with van der Waals surface area (Å²) < 4.78 is 11.7. The molecule has 2 aromatic heterocycles. The van der Waals surface area contributed by atoms with Crippen molar-refractivity contribution in [3.05, 3.63) is 57.0 Å². The second-order valence-electron chi connectivity index (χ2n) is 5.19. The summed E-state index contributed by atoms with van der Waals surface area (Å²) in [5.41, 5.74) is 1.41. The molecule has 7 nitrogen and oxygen atoms in total. The monoisotopic (exact) mass is 345 g/mol. The molecule has 0 unspecified atom stereocenters. The summed E-state index contributed by atoms with van der Waals surface area (Å²) in [4.78, 5) is 28.2. The maximum atomic E-state index is 11.8. The van der Waals surface area contributed by atoms with Crippen LogP contribution < -0.4 is 10.3 Å². The number of benzene rings is 1. The average Bonchev–Trinajstić information content (AvgIpc) is 2.94. The Kier molecular flexibility index (Phi) is 4.57. The van der Waals surface area contributed by atoms with Gasteiger partial charge in [0.25, 0.3) is 5.56 Å². The Hall–Kier alpha value is -2.74. The van der Waals surface area contributed by atoms with Gasteiger partial charge < -0.3 is 9.47 Å². The van der Waals surface area contributed by atoms with Crippen molar-refractivity contribution in [3.8, 4) is 5.75 Å². The fraction of sp³-hybridized carbons (Fsp3) is 0.250. The van der Waals surface area contributed by atoms with Gasteiger partial charge in [0.05, 0.1) is 0 Å². The highest BCUT2D eigenvalue weighted by Gasteiger charge is 2.11. The molecule has 8 heteroatoms. The number of fused-ring (bicyclic) bond motifs is 1. The van der Waals surface area contributed by atoms with Crippen LogP contribution in [0.5, 0.6) is 5.75 Å². The van der Waals surface area contributed by atoms with Crippen molar-refractivity contribution in [2.45, 2.75) is 20.5 Å². The van der Waals surface area contributed by atoms with E-state index in [9.17, 15) is 9.59 Å². The van der Waals surface area contributed by atoms with Crippen LogP contribution in [0.2, 0.25) is 0 Å². The van der Waals surface area contributed by atoms with Gasteiger partial charge in [-0.2, -0.15) is 9.61 Å². The summed E-state index contributed by atoms with van der Waals surface area (Å²) in [7, 11) is 0. The predicted molar refractivity (Wildman–Crippen MR) is 88.3 cm³/mol. The number of carbonyl (C=O) groups excluding carboxylic acids is 1. The molecule has 0 saturated carbocycles. The van der Waals surface area contributed by atoms with Crippen LogP contribution in [-0.2, 0) is 16.1 Å². The molecular weight excluding hydrogens is 330 g/mol. The van der Waals surface area contributed by atoms with Crippen LogP contribution in [0.25, 0.3) is 4.96 Å². The Morgan fingerprint density at radius 1 is 1.29 bits per heavy atom. The zero-order chi connectivity index (χ0) is 17.1. The molecule has 0 aliphatic carbocycles. The summed E-state index contributed by atoms with van der Waals surface area (Å²) in [6.07, 6.45) is 0. The first kappa shape index (κ1) is 16.1. The van der Waals surface area contributed by atoms with Crippen molar-refractivity contribution in [2.24, 2.45) is 0 Å². The van der Waals surface area contributed by atoms with E-state index in [1.807, 2.05) is 25.1 Å². The lowest BCUT2D eigenvalue weighted by atomic mass is 10.2. The van der Waals surface area contributed by atoms with E-state index in [0.717, 1.165) is 5.56 Å². The van der Waals surface area contributed by atoms with Gasteiger partial charge in [-0.3, -0.25) is 4.79 Å². The fourth-order valence-electron chi connectivity index (χ4n) is 2.05. The third kappa shape index (κ3) is 3.77. The first-order valence-electron chi connectivity index (χ1n) is 7.23. The van der Waals surface area contributed by atoms with E-state index < -0.39 is 5.97 Å². The predicted octanol–water partition coefficient (Wildman–Crippen LogP) is 1.89. The van der Waals surface area contributed by atoms with Crippen LogP contribution in [0.1, 0.15) is 16.3 Å². The van der Waals surface area contributed by atoms with Gasteiger partial charge in [0.15, 0.2) is 11.6 Å². The third-order valence-corrected chi connectivity index (χ3v) is 4.00. The molecule has 3 aromatic rings. The van der Waals surface area contributed by atoms with Crippen LogP contribution in [-0.4, -0.2) is 27.2 Å². The molecule has 124 valence electrons. The molecule has 0 aliphatic rings. The van der Waals surface area contributed by atoms with Crippen molar-refractivity contribution in [3.63, 3.8) is 0 Å².